The van der Waals surface area contributed by atoms with Crippen LogP contribution in [0.3, 0.4) is 0 Å². The second kappa shape index (κ2) is 8.91. The molecule has 0 bridgehead atoms. The molecule has 1 saturated carbocycles. The van der Waals surface area contributed by atoms with Crippen molar-refractivity contribution in [3.63, 3.8) is 0 Å². The Morgan fingerprint density at radius 2 is 1.74 bits per heavy atom. The van der Waals surface area contributed by atoms with E-state index in [1.165, 1.54) is 25.3 Å². The summed E-state index contributed by atoms with van der Waals surface area (Å²) < 4.78 is 16.3. The third-order valence-corrected chi connectivity index (χ3v) is 7.43. The molecule has 2 aromatic carbocycles. The van der Waals surface area contributed by atoms with Gasteiger partial charge in [-0.15, -0.1) is 10.2 Å². The van der Waals surface area contributed by atoms with Crippen LogP contribution in [0.1, 0.15) is 59.8 Å². The van der Waals surface area contributed by atoms with Crippen molar-refractivity contribution in [2.45, 2.75) is 44.9 Å². The van der Waals surface area contributed by atoms with Crippen molar-refractivity contribution in [3.8, 4) is 0 Å². The van der Waals surface area contributed by atoms with Gasteiger partial charge in [-0.05, 0) is 44.0 Å². The Morgan fingerprint density at radius 3 is 2.51 bits per heavy atom. The van der Waals surface area contributed by atoms with E-state index in [-0.39, 0.29) is 11.5 Å². The molecule has 4 aromatic rings. The maximum Gasteiger partial charge on any atom is 0.256 e. The van der Waals surface area contributed by atoms with E-state index in [0.717, 1.165) is 46.7 Å². The smallest absolute Gasteiger partial charge is 0.256 e. The number of piperazine rings is 1. The average Bonchev–Trinajstić information content (AvgIpc) is 3.35. The predicted octanol–water partition coefficient (Wildman–Crippen LogP) is 4.74. The zero-order valence-electron chi connectivity index (χ0n) is 20.0. The Morgan fingerprint density at radius 1 is 0.971 bits per heavy atom. The van der Waals surface area contributed by atoms with Gasteiger partial charge >= 0.3 is 0 Å². The summed E-state index contributed by atoms with van der Waals surface area (Å²) >= 11 is 0. The molecule has 1 aliphatic carbocycles. The molecule has 6 rings (SSSR count). The first-order chi connectivity index (χ1) is 17.1. The van der Waals surface area contributed by atoms with Crippen molar-refractivity contribution in [1.29, 1.82) is 0 Å². The van der Waals surface area contributed by atoms with Crippen LogP contribution in [0.15, 0.2) is 42.5 Å². The van der Waals surface area contributed by atoms with Gasteiger partial charge in [0.1, 0.15) is 11.6 Å². The van der Waals surface area contributed by atoms with E-state index in [1.807, 2.05) is 6.07 Å². The number of hydrogen-bond donors (Lipinski definition) is 0. The van der Waals surface area contributed by atoms with Gasteiger partial charge in [-0.2, -0.15) is 0 Å². The van der Waals surface area contributed by atoms with Crippen molar-refractivity contribution >= 4 is 28.4 Å². The number of carbonyl (C=O) groups is 1. The van der Waals surface area contributed by atoms with E-state index in [9.17, 15) is 9.18 Å². The topological polar surface area (TPSA) is 66.6 Å². The second-order valence-electron chi connectivity index (χ2n) is 9.74. The fraction of sp³-hybridized carbons (Fsp3) is 0.407. The molecule has 2 fully saturated rings. The van der Waals surface area contributed by atoms with Crippen LogP contribution in [0.2, 0.25) is 0 Å². The van der Waals surface area contributed by atoms with Crippen molar-refractivity contribution in [2.24, 2.45) is 0 Å². The maximum absolute atomic E-state index is 14.2. The molecule has 0 N–H and O–H groups in total. The quantitative estimate of drug-likeness (QED) is 0.431. The van der Waals surface area contributed by atoms with Crippen LogP contribution >= 0.6 is 0 Å². The molecular weight excluding hydrogens is 443 g/mol. The van der Waals surface area contributed by atoms with Gasteiger partial charge in [-0.1, -0.05) is 43.0 Å². The monoisotopic (exact) mass is 472 g/mol. The number of amides is 1. The first-order valence-corrected chi connectivity index (χ1v) is 12.5. The summed E-state index contributed by atoms with van der Waals surface area (Å²) in [5, 5.41) is 10.3. The van der Waals surface area contributed by atoms with Crippen molar-refractivity contribution < 1.29 is 9.18 Å². The molecule has 1 amide bonds. The largest absolute Gasteiger partial charge is 0.338 e. The minimum atomic E-state index is -0.477. The van der Waals surface area contributed by atoms with Gasteiger partial charge in [0.05, 0.1) is 11.1 Å². The van der Waals surface area contributed by atoms with Crippen molar-refractivity contribution in [2.75, 3.05) is 31.1 Å². The van der Waals surface area contributed by atoms with Gasteiger partial charge in [0, 0.05) is 37.5 Å². The second-order valence-corrected chi connectivity index (χ2v) is 9.74. The van der Waals surface area contributed by atoms with Crippen LogP contribution in [-0.2, 0) is 0 Å². The number of benzene rings is 2. The Balaban J connectivity index is 1.36. The van der Waals surface area contributed by atoms with Crippen LogP contribution in [0.5, 0.6) is 0 Å². The fourth-order valence-electron chi connectivity index (χ4n) is 5.50. The first-order valence-electron chi connectivity index (χ1n) is 12.5. The number of aryl methyl sites for hydroxylation is 1. The molecule has 2 aliphatic rings. The summed E-state index contributed by atoms with van der Waals surface area (Å²) in [6.45, 7) is 4.31. The molecule has 8 heteroatoms. The lowest BCUT2D eigenvalue weighted by Gasteiger charge is -2.36. The standard InChI is InChI=1S/C27H29FN6O/c1-18-11-12-23-21(17-18)25-31-30-24(19-7-3-2-4-8-19)34(25)27(29-23)33-15-13-32(14-16-33)26(35)20-9-5-6-10-22(20)28/h5-6,9-12,17,19H,2-4,7-8,13-16H2,1H3. The number of hydrogen-bond acceptors (Lipinski definition) is 5. The number of aromatic nitrogens is 4. The summed E-state index contributed by atoms with van der Waals surface area (Å²) in [6, 6.07) is 12.4. The number of fused-ring (bicyclic) bond motifs is 3. The highest BCUT2D eigenvalue weighted by atomic mass is 19.1. The molecule has 3 heterocycles. The van der Waals surface area contributed by atoms with Crippen LogP contribution in [0, 0.1) is 12.7 Å². The van der Waals surface area contributed by atoms with Crippen LogP contribution < -0.4 is 4.90 Å². The summed E-state index contributed by atoms with van der Waals surface area (Å²) in [6.07, 6.45) is 5.95. The minimum Gasteiger partial charge on any atom is -0.338 e. The predicted molar refractivity (Wildman–Crippen MR) is 133 cm³/mol. The van der Waals surface area contributed by atoms with Crippen LogP contribution in [-0.4, -0.2) is 56.6 Å². The number of anilines is 1. The van der Waals surface area contributed by atoms with E-state index in [1.54, 1.807) is 23.1 Å². The molecule has 2 aromatic heterocycles. The fourth-order valence-corrected chi connectivity index (χ4v) is 5.50. The maximum atomic E-state index is 14.2. The molecule has 1 saturated heterocycles. The van der Waals surface area contributed by atoms with Gasteiger partial charge in [-0.3, -0.25) is 4.79 Å². The normalized spacial score (nSPS) is 17.4. The Kier molecular flexibility index (Phi) is 5.59. The number of rotatable bonds is 3. The van der Waals surface area contributed by atoms with E-state index in [2.05, 4.69) is 38.6 Å². The summed E-state index contributed by atoms with van der Waals surface area (Å²) in [5.74, 6) is 1.47. The lowest BCUT2D eigenvalue weighted by molar-refractivity contribution is 0.0741. The van der Waals surface area contributed by atoms with Crippen molar-refractivity contribution in [1.82, 2.24) is 24.5 Å². The summed E-state index contributed by atoms with van der Waals surface area (Å²) in [7, 11) is 0. The SMILES string of the molecule is Cc1ccc2nc(N3CCN(C(=O)c4ccccc4F)CC3)n3c(C4CCCCC4)nnc3c2c1. The lowest BCUT2D eigenvalue weighted by atomic mass is 9.89. The average molecular weight is 473 g/mol. The number of halogens is 1. The van der Waals surface area contributed by atoms with Gasteiger partial charge in [0.25, 0.3) is 5.91 Å². The summed E-state index contributed by atoms with van der Waals surface area (Å²) in [4.78, 5) is 22.0. The molecule has 35 heavy (non-hydrogen) atoms. The number of nitrogens with zero attached hydrogens (tertiary/aromatic N) is 6. The molecule has 0 unspecified atom stereocenters. The molecule has 180 valence electrons. The van der Waals surface area contributed by atoms with Gasteiger partial charge in [0.15, 0.2) is 5.65 Å². The van der Waals surface area contributed by atoms with E-state index in [4.69, 9.17) is 4.98 Å². The van der Waals surface area contributed by atoms with Crippen LogP contribution in [0.25, 0.3) is 16.6 Å². The Hall–Kier alpha value is -3.55. The third-order valence-electron chi connectivity index (χ3n) is 7.43. The lowest BCUT2D eigenvalue weighted by Crippen LogP contribution is -2.49. The molecule has 0 spiro atoms. The van der Waals surface area contributed by atoms with E-state index in [0.29, 0.717) is 32.1 Å². The Bertz CT molecular complexity index is 1400. The zero-order chi connectivity index (χ0) is 23.9. The summed E-state index contributed by atoms with van der Waals surface area (Å²) in [5.41, 5.74) is 3.03. The van der Waals surface area contributed by atoms with Crippen molar-refractivity contribution in [3.05, 3.63) is 65.2 Å². The number of carbonyl (C=O) groups excluding carboxylic acids is 1. The van der Waals surface area contributed by atoms with Crippen LogP contribution in [0.4, 0.5) is 10.3 Å². The molecule has 7 nitrogen and oxygen atoms in total. The highest BCUT2D eigenvalue weighted by Gasteiger charge is 2.29. The highest BCUT2D eigenvalue weighted by Crippen LogP contribution is 2.35. The minimum absolute atomic E-state index is 0.126. The zero-order valence-corrected chi connectivity index (χ0v) is 20.0. The van der Waals surface area contributed by atoms with E-state index < -0.39 is 5.82 Å². The van der Waals surface area contributed by atoms with Gasteiger partial charge in [-0.25, -0.2) is 13.8 Å². The molecule has 0 radical (unpaired) electrons. The third kappa shape index (κ3) is 3.90. The highest BCUT2D eigenvalue weighted by molar-refractivity contribution is 5.95. The Labute approximate surface area is 203 Å². The van der Waals surface area contributed by atoms with Gasteiger partial charge < -0.3 is 9.80 Å². The van der Waals surface area contributed by atoms with Gasteiger partial charge in [0.2, 0.25) is 5.95 Å². The molecule has 1 aliphatic heterocycles. The van der Waals surface area contributed by atoms with E-state index >= 15 is 0 Å². The first kappa shape index (κ1) is 21.9. The molecular formula is C27H29FN6O. The molecule has 0 atom stereocenters.